The molecule has 2 amide bonds. The lowest BCUT2D eigenvalue weighted by Gasteiger charge is -2.09. The molecule has 0 bridgehead atoms. The summed E-state index contributed by atoms with van der Waals surface area (Å²) >= 11 is 6.85. The van der Waals surface area contributed by atoms with Crippen molar-refractivity contribution in [1.82, 2.24) is 10.3 Å². The van der Waals surface area contributed by atoms with Crippen LogP contribution in [0.4, 0.5) is 0 Å². The summed E-state index contributed by atoms with van der Waals surface area (Å²) in [5.74, 6) is -0.942. The SMILES string of the molecule is NC(=O)CCNC(=O)c1cc(Cl)ccc1SC(=O)c1cccnc1. The van der Waals surface area contributed by atoms with Gasteiger partial charge in [-0.05, 0) is 42.1 Å². The number of carbonyl (C=O) groups excluding carboxylic acids is 3. The summed E-state index contributed by atoms with van der Waals surface area (Å²) < 4.78 is 0. The van der Waals surface area contributed by atoms with Gasteiger partial charge in [0.1, 0.15) is 0 Å². The second kappa shape index (κ2) is 8.47. The zero-order valence-corrected chi connectivity index (χ0v) is 14.1. The fourth-order valence-electron chi connectivity index (χ4n) is 1.81. The van der Waals surface area contributed by atoms with Crippen LogP contribution in [0, 0.1) is 0 Å². The van der Waals surface area contributed by atoms with E-state index in [9.17, 15) is 14.4 Å². The summed E-state index contributed by atoms with van der Waals surface area (Å²) in [7, 11) is 0. The third-order valence-corrected chi connectivity index (χ3v) is 4.18. The fourth-order valence-corrected chi connectivity index (χ4v) is 2.81. The fraction of sp³-hybridized carbons (Fsp3) is 0.125. The van der Waals surface area contributed by atoms with Gasteiger partial charge in [-0.3, -0.25) is 19.4 Å². The number of hydrogen-bond donors (Lipinski definition) is 2. The van der Waals surface area contributed by atoms with E-state index in [1.54, 1.807) is 30.5 Å². The molecule has 0 spiro atoms. The van der Waals surface area contributed by atoms with E-state index < -0.39 is 11.8 Å². The Morgan fingerprint density at radius 3 is 2.71 bits per heavy atom. The van der Waals surface area contributed by atoms with Gasteiger partial charge < -0.3 is 11.1 Å². The van der Waals surface area contributed by atoms with Crippen molar-refractivity contribution in [3.63, 3.8) is 0 Å². The summed E-state index contributed by atoms with van der Waals surface area (Å²) in [6.07, 6.45) is 3.06. The zero-order valence-electron chi connectivity index (χ0n) is 12.5. The van der Waals surface area contributed by atoms with E-state index in [1.165, 1.54) is 12.3 Å². The topological polar surface area (TPSA) is 102 Å². The maximum absolute atomic E-state index is 12.3. The van der Waals surface area contributed by atoms with Crippen LogP contribution in [0.25, 0.3) is 0 Å². The van der Waals surface area contributed by atoms with Gasteiger partial charge in [0, 0.05) is 40.8 Å². The molecule has 0 aliphatic carbocycles. The third kappa shape index (κ3) is 5.07. The van der Waals surface area contributed by atoms with Gasteiger partial charge in [0.2, 0.25) is 11.0 Å². The van der Waals surface area contributed by atoms with Crippen molar-refractivity contribution >= 4 is 40.3 Å². The third-order valence-electron chi connectivity index (χ3n) is 2.94. The number of nitrogens with one attached hydrogen (secondary N) is 1. The number of hydrogen-bond acceptors (Lipinski definition) is 5. The average molecular weight is 364 g/mol. The van der Waals surface area contributed by atoms with Gasteiger partial charge in [0.05, 0.1) is 5.56 Å². The summed E-state index contributed by atoms with van der Waals surface area (Å²) in [4.78, 5) is 39.6. The number of halogens is 1. The van der Waals surface area contributed by atoms with E-state index in [4.69, 9.17) is 17.3 Å². The minimum atomic E-state index is -0.511. The molecule has 24 heavy (non-hydrogen) atoms. The Morgan fingerprint density at radius 2 is 2.04 bits per heavy atom. The number of amides is 2. The first-order chi connectivity index (χ1) is 11.5. The Bertz CT molecular complexity index is 768. The van der Waals surface area contributed by atoms with Crippen molar-refractivity contribution in [1.29, 1.82) is 0 Å². The molecule has 0 radical (unpaired) electrons. The van der Waals surface area contributed by atoms with E-state index in [0.717, 1.165) is 11.8 Å². The van der Waals surface area contributed by atoms with Crippen LogP contribution in [-0.2, 0) is 4.79 Å². The van der Waals surface area contributed by atoms with Gasteiger partial charge in [-0.25, -0.2) is 0 Å². The van der Waals surface area contributed by atoms with E-state index in [0.29, 0.717) is 15.5 Å². The molecule has 0 aliphatic heterocycles. The highest BCUT2D eigenvalue weighted by Crippen LogP contribution is 2.28. The molecule has 1 aromatic heterocycles. The molecule has 0 fully saturated rings. The number of pyridine rings is 1. The van der Waals surface area contributed by atoms with Gasteiger partial charge >= 0.3 is 0 Å². The minimum absolute atomic E-state index is 0.0311. The van der Waals surface area contributed by atoms with Crippen LogP contribution in [0.2, 0.25) is 5.02 Å². The van der Waals surface area contributed by atoms with Crippen LogP contribution < -0.4 is 11.1 Å². The number of nitrogens with two attached hydrogens (primary N) is 1. The van der Waals surface area contributed by atoms with Gasteiger partial charge in [-0.15, -0.1) is 0 Å². The Hall–Kier alpha value is -2.38. The summed E-state index contributed by atoms with van der Waals surface area (Å²) in [6, 6.07) is 7.98. The van der Waals surface area contributed by atoms with Gasteiger partial charge in [-0.2, -0.15) is 0 Å². The first-order valence-electron chi connectivity index (χ1n) is 6.95. The number of nitrogens with zero attached hydrogens (tertiary/aromatic N) is 1. The van der Waals surface area contributed by atoms with Gasteiger partial charge in [0.15, 0.2) is 0 Å². The van der Waals surface area contributed by atoms with E-state index >= 15 is 0 Å². The zero-order chi connectivity index (χ0) is 17.5. The highest BCUT2D eigenvalue weighted by Gasteiger charge is 2.16. The molecule has 0 aliphatic rings. The lowest BCUT2D eigenvalue weighted by molar-refractivity contribution is -0.117. The molecule has 2 aromatic rings. The van der Waals surface area contributed by atoms with Crippen molar-refractivity contribution in [2.24, 2.45) is 5.73 Å². The Morgan fingerprint density at radius 1 is 1.25 bits per heavy atom. The smallest absolute Gasteiger partial charge is 0.252 e. The molecule has 0 atom stereocenters. The quantitative estimate of drug-likeness (QED) is 0.766. The first kappa shape index (κ1) is 18.0. The van der Waals surface area contributed by atoms with Crippen LogP contribution in [-0.4, -0.2) is 28.5 Å². The molecule has 1 aromatic carbocycles. The van der Waals surface area contributed by atoms with Crippen LogP contribution >= 0.6 is 23.4 Å². The maximum atomic E-state index is 12.3. The molecule has 0 unspecified atom stereocenters. The van der Waals surface area contributed by atoms with Gasteiger partial charge in [-0.1, -0.05) is 11.6 Å². The van der Waals surface area contributed by atoms with Crippen molar-refractivity contribution in [2.45, 2.75) is 11.3 Å². The van der Waals surface area contributed by atoms with E-state index in [2.05, 4.69) is 10.3 Å². The predicted molar refractivity (Wildman–Crippen MR) is 92.0 cm³/mol. The molecule has 0 saturated heterocycles. The van der Waals surface area contributed by atoms with Crippen molar-refractivity contribution in [3.8, 4) is 0 Å². The number of rotatable bonds is 6. The number of carbonyl (C=O) groups is 3. The number of thioether (sulfide) groups is 1. The normalized spacial score (nSPS) is 10.2. The van der Waals surface area contributed by atoms with Crippen molar-refractivity contribution in [3.05, 3.63) is 58.9 Å². The Labute approximate surface area is 147 Å². The molecule has 124 valence electrons. The highest BCUT2D eigenvalue weighted by molar-refractivity contribution is 8.14. The lowest BCUT2D eigenvalue weighted by Crippen LogP contribution is -2.28. The molecule has 3 N–H and O–H groups in total. The van der Waals surface area contributed by atoms with Gasteiger partial charge in [0.25, 0.3) is 5.91 Å². The van der Waals surface area contributed by atoms with Crippen LogP contribution in [0.5, 0.6) is 0 Å². The lowest BCUT2D eigenvalue weighted by atomic mass is 10.2. The number of benzene rings is 1. The largest absolute Gasteiger partial charge is 0.370 e. The van der Waals surface area contributed by atoms with Crippen LogP contribution in [0.15, 0.2) is 47.6 Å². The van der Waals surface area contributed by atoms with Crippen molar-refractivity contribution < 1.29 is 14.4 Å². The highest BCUT2D eigenvalue weighted by atomic mass is 35.5. The van der Waals surface area contributed by atoms with E-state index in [1.807, 2.05) is 0 Å². The summed E-state index contributed by atoms with van der Waals surface area (Å²) in [5.41, 5.74) is 5.72. The van der Waals surface area contributed by atoms with Crippen molar-refractivity contribution in [2.75, 3.05) is 6.54 Å². The summed E-state index contributed by atoms with van der Waals surface area (Å²) in [6.45, 7) is 0.112. The molecule has 6 nitrogen and oxygen atoms in total. The predicted octanol–water partition coefficient (Wildman–Crippen LogP) is 2.27. The maximum Gasteiger partial charge on any atom is 0.252 e. The molecule has 1 heterocycles. The van der Waals surface area contributed by atoms with Crippen LogP contribution in [0.3, 0.4) is 0 Å². The second-order valence-corrected chi connectivity index (χ2v) is 6.20. The Kier molecular flexibility index (Phi) is 6.34. The molecule has 8 heteroatoms. The first-order valence-corrected chi connectivity index (χ1v) is 8.15. The Balaban J connectivity index is 2.16. The van der Waals surface area contributed by atoms with Crippen LogP contribution in [0.1, 0.15) is 27.1 Å². The summed E-state index contributed by atoms with van der Waals surface area (Å²) in [5, 5.41) is 2.71. The molecular formula is C16H14ClN3O3S. The molecule has 0 saturated carbocycles. The average Bonchev–Trinajstić information content (AvgIpc) is 2.56. The number of primary amides is 1. The van der Waals surface area contributed by atoms with E-state index in [-0.39, 0.29) is 23.6 Å². The molecule has 2 rings (SSSR count). The molecular weight excluding hydrogens is 350 g/mol. The number of aromatic nitrogens is 1. The second-order valence-electron chi connectivity index (χ2n) is 4.74. The minimum Gasteiger partial charge on any atom is -0.370 e. The monoisotopic (exact) mass is 363 g/mol. The standard InChI is InChI=1S/C16H14ClN3O3S/c17-11-3-4-13(24-16(23)10-2-1-6-19-9-10)12(8-11)15(22)20-7-5-14(18)21/h1-4,6,8-9H,5,7H2,(H2,18,21)(H,20,22).